The molecule has 0 atom stereocenters. The molecule has 138 valence electrons. The molecular formula is C17H17FN2O5S. The number of carbonyl (C=O) groups is 1. The van der Waals surface area contributed by atoms with Gasteiger partial charge in [0.05, 0.1) is 10.6 Å². The summed E-state index contributed by atoms with van der Waals surface area (Å²) in [5, 5.41) is 2.37. The van der Waals surface area contributed by atoms with Gasteiger partial charge in [-0.15, -0.1) is 0 Å². The first-order valence-corrected chi connectivity index (χ1v) is 9.24. The SMILES string of the molecule is CNC(=O)CN(c1cccc(F)c1)S(=O)(=O)c1ccc2c(c1)OCCO2. The molecule has 0 radical (unpaired) electrons. The molecule has 2 aromatic carbocycles. The van der Waals surface area contributed by atoms with E-state index in [1.807, 2.05) is 0 Å². The van der Waals surface area contributed by atoms with E-state index in [1.54, 1.807) is 0 Å². The van der Waals surface area contributed by atoms with E-state index in [-0.39, 0.29) is 10.6 Å². The highest BCUT2D eigenvalue weighted by atomic mass is 32.2. The summed E-state index contributed by atoms with van der Waals surface area (Å²) < 4.78 is 51.5. The monoisotopic (exact) mass is 380 g/mol. The minimum absolute atomic E-state index is 0.0449. The van der Waals surface area contributed by atoms with Gasteiger partial charge >= 0.3 is 0 Å². The summed E-state index contributed by atoms with van der Waals surface area (Å²) in [6.45, 7) is 0.199. The van der Waals surface area contributed by atoms with Gasteiger partial charge in [-0.1, -0.05) is 6.07 Å². The van der Waals surface area contributed by atoms with E-state index >= 15 is 0 Å². The molecule has 3 rings (SSSR count). The fourth-order valence-electron chi connectivity index (χ4n) is 2.47. The van der Waals surface area contributed by atoms with E-state index < -0.39 is 28.3 Å². The third kappa shape index (κ3) is 3.57. The van der Waals surface area contributed by atoms with Crippen LogP contribution in [0.25, 0.3) is 0 Å². The Morgan fingerprint density at radius 3 is 2.58 bits per heavy atom. The van der Waals surface area contributed by atoms with Crippen molar-refractivity contribution in [3.05, 3.63) is 48.3 Å². The first-order valence-electron chi connectivity index (χ1n) is 7.80. The van der Waals surface area contributed by atoms with Crippen LogP contribution in [0.2, 0.25) is 0 Å². The van der Waals surface area contributed by atoms with Gasteiger partial charge in [-0.2, -0.15) is 0 Å². The predicted molar refractivity (Wildman–Crippen MR) is 92.4 cm³/mol. The van der Waals surface area contributed by atoms with E-state index in [4.69, 9.17) is 9.47 Å². The van der Waals surface area contributed by atoms with Gasteiger partial charge in [-0.25, -0.2) is 12.8 Å². The molecule has 0 spiro atoms. The maximum Gasteiger partial charge on any atom is 0.264 e. The van der Waals surface area contributed by atoms with Gasteiger partial charge in [-0.05, 0) is 30.3 Å². The number of benzene rings is 2. The first kappa shape index (κ1) is 18.0. The molecule has 1 heterocycles. The number of hydrogen-bond acceptors (Lipinski definition) is 5. The maximum atomic E-state index is 13.6. The molecule has 9 heteroatoms. The zero-order valence-electron chi connectivity index (χ0n) is 13.9. The van der Waals surface area contributed by atoms with E-state index in [1.165, 1.54) is 43.4 Å². The second kappa shape index (κ2) is 7.20. The number of fused-ring (bicyclic) bond motifs is 1. The summed E-state index contributed by atoms with van der Waals surface area (Å²) in [6.07, 6.45) is 0. The number of hydrogen-bond donors (Lipinski definition) is 1. The predicted octanol–water partition coefficient (Wildman–Crippen LogP) is 1.54. The Labute approximate surface area is 150 Å². The van der Waals surface area contributed by atoms with Crippen molar-refractivity contribution in [2.75, 3.05) is 31.1 Å². The average molecular weight is 380 g/mol. The lowest BCUT2D eigenvalue weighted by Gasteiger charge is -2.25. The van der Waals surface area contributed by atoms with Gasteiger partial charge < -0.3 is 14.8 Å². The maximum absolute atomic E-state index is 13.6. The van der Waals surface area contributed by atoms with Crippen molar-refractivity contribution in [2.24, 2.45) is 0 Å². The van der Waals surface area contributed by atoms with Gasteiger partial charge in [0.15, 0.2) is 11.5 Å². The fraction of sp³-hybridized carbons (Fsp3) is 0.235. The van der Waals surface area contributed by atoms with Gasteiger partial charge in [0.25, 0.3) is 10.0 Å². The molecule has 26 heavy (non-hydrogen) atoms. The largest absolute Gasteiger partial charge is 0.486 e. The van der Waals surface area contributed by atoms with Crippen molar-refractivity contribution in [2.45, 2.75) is 4.90 Å². The van der Waals surface area contributed by atoms with Crippen molar-refractivity contribution in [3.63, 3.8) is 0 Å². The first-order chi connectivity index (χ1) is 12.4. The molecule has 1 aliphatic heterocycles. The highest BCUT2D eigenvalue weighted by Crippen LogP contribution is 2.34. The molecule has 1 N–H and O–H groups in total. The molecule has 2 aromatic rings. The summed E-state index contributed by atoms with van der Waals surface area (Å²) in [6, 6.07) is 9.23. The number of anilines is 1. The van der Waals surface area contributed by atoms with E-state index in [0.717, 1.165) is 10.4 Å². The zero-order chi connectivity index (χ0) is 18.7. The molecule has 0 bridgehead atoms. The minimum atomic E-state index is -4.14. The number of amides is 1. The Kier molecular flexibility index (Phi) is 4.99. The molecular weight excluding hydrogens is 363 g/mol. The summed E-state index contributed by atoms with van der Waals surface area (Å²) >= 11 is 0. The van der Waals surface area contributed by atoms with Crippen molar-refractivity contribution < 1.29 is 27.1 Å². The summed E-state index contributed by atoms with van der Waals surface area (Å²) in [5.74, 6) is -0.396. The van der Waals surface area contributed by atoms with Crippen LogP contribution in [0.5, 0.6) is 11.5 Å². The number of halogens is 1. The van der Waals surface area contributed by atoms with Crippen molar-refractivity contribution in [3.8, 4) is 11.5 Å². The number of ether oxygens (including phenoxy) is 2. The number of nitrogens with one attached hydrogen (secondary N) is 1. The van der Waals surface area contributed by atoms with Crippen LogP contribution in [-0.2, 0) is 14.8 Å². The van der Waals surface area contributed by atoms with Crippen LogP contribution >= 0.6 is 0 Å². The third-order valence-corrected chi connectivity index (χ3v) is 5.53. The standard InChI is InChI=1S/C17H17FN2O5S/c1-19-17(21)11-20(13-4-2-3-12(18)9-13)26(22,23)14-5-6-15-16(10-14)25-8-7-24-15/h2-6,9-10H,7-8,11H2,1H3,(H,19,21). The van der Waals surface area contributed by atoms with Crippen molar-refractivity contribution in [1.82, 2.24) is 5.32 Å². The van der Waals surface area contributed by atoms with Crippen LogP contribution in [0.4, 0.5) is 10.1 Å². The summed E-state index contributed by atoms with van der Waals surface area (Å²) in [7, 11) is -2.75. The minimum Gasteiger partial charge on any atom is -0.486 e. The Balaban J connectivity index is 2.05. The Hall–Kier alpha value is -2.81. The Morgan fingerprint density at radius 1 is 1.15 bits per heavy atom. The van der Waals surface area contributed by atoms with Crippen LogP contribution in [0, 0.1) is 5.82 Å². The van der Waals surface area contributed by atoms with Crippen LogP contribution in [-0.4, -0.2) is 41.1 Å². The molecule has 7 nitrogen and oxygen atoms in total. The molecule has 1 aliphatic rings. The quantitative estimate of drug-likeness (QED) is 0.851. The van der Waals surface area contributed by atoms with Crippen LogP contribution in [0.3, 0.4) is 0 Å². The lowest BCUT2D eigenvalue weighted by atomic mass is 10.3. The molecule has 0 unspecified atom stereocenters. The van der Waals surface area contributed by atoms with Crippen molar-refractivity contribution in [1.29, 1.82) is 0 Å². The zero-order valence-corrected chi connectivity index (χ0v) is 14.8. The number of rotatable bonds is 5. The van der Waals surface area contributed by atoms with Gasteiger partial charge in [0.1, 0.15) is 25.6 Å². The lowest BCUT2D eigenvalue weighted by molar-refractivity contribution is -0.119. The van der Waals surface area contributed by atoms with E-state index in [2.05, 4.69) is 5.32 Å². The summed E-state index contributed by atoms with van der Waals surface area (Å²) in [5.41, 5.74) is 0.0449. The number of nitrogens with zero attached hydrogens (tertiary/aromatic N) is 1. The fourth-order valence-corrected chi connectivity index (χ4v) is 3.90. The number of sulfonamides is 1. The number of carbonyl (C=O) groups excluding carboxylic acids is 1. The highest BCUT2D eigenvalue weighted by molar-refractivity contribution is 7.92. The normalized spacial score (nSPS) is 13.2. The number of likely N-dealkylation sites (N-methyl/N-ethyl adjacent to an activating group) is 1. The highest BCUT2D eigenvalue weighted by Gasteiger charge is 2.28. The summed E-state index contributed by atoms with van der Waals surface area (Å²) in [4.78, 5) is 11.7. The Morgan fingerprint density at radius 2 is 1.88 bits per heavy atom. The third-order valence-electron chi connectivity index (χ3n) is 3.76. The van der Waals surface area contributed by atoms with Gasteiger partial charge in [0, 0.05) is 13.1 Å². The topological polar surface area (TPSA) is 84.9 Å². The molecule has 0 saturated carbocycles. The average Bonchev–Trinajstić information content (AvgIpc) is 2.65. The van der Waals surface area contributed by atoms with Crippen LogP contribution in [0.1, 0.15) is 0 Å². The molecule has 0 aromatic heterocycles. The molecule has 0 saturated heterocycles. The second-order valence-corrected chi connectivity index (χ2v) is 7.33. The molecule has 0 fully saturated rings. The molecule has 1 amide bonds. The van der Waals surface area contributed by atoms with Crippen molar-refractivity contribution >= 4 is 21.6 Å². The van der Waals surface area contributed by atoms with E-state index in [0.29, 0.717) is 24.7 Å². The molecule has 0 aliphatic carbocycles. The Bertz CT molecular complexity index is 933. The smallest absolute Gasteiger partial charge is 0.264 e. The van der Waals surface area contributed by atoms with E-state index in [9.17, 15) is 17.6 Å². The van der Waals surface area contributed by atoms with Crippen LogP contribution in [0.15, 0.2) is 47.4 Å². The van der Waals surface area contributed by atoms with Crippen LogP contribution < -0.4 is 19.1 Å². The lowest BCUT2D eigenvalue weighted by Crippen LogP contribution is -2.39. The van der Waals surface area contributed by atoms with Gasteiger partial charge in [-0.3, -0.25) is 9.10 Å². The second-order valence-electron chi connectivity index (χ2n) is 5.47. The van der Waals surface area contributed by atoms with Gasteiger partial charge in [0.2, 0.25) is 5.91 Å².